The van der Waals surface area contributed by atoms with Gasteiger partial charge in [0.25, 0.3) is 0 Å². The lowest BCUT2D eigenvalue weighted by molar-refractivity contribution is -0.105. The fourth-order valence-corrected chi connectivity index (χ4v) is 2.33. The maximum absolute atomic E-state index is 10.3. The normalized spacial score (nSPS) is 25.8. The second kappa shape index (κ2) is 3.81. The number of hydrogen-bond donors (Lipinski definition) is 0. The molecule has 0 amide bonds. The van der Waals surface area contributed by atoms with Crippen molar-refractivity contribution in [3.63, 3.8) is 0 Å². The molecule has 1 atom stereocenters. The van der Waals surface area contributed by atoms with Crippen LogP contribution in [0.5, 0.6) is 0 Å². The topological polar surface area (TPSA) is 17.1 Å². The Bertz CT molecular complexity index is 136. The minimum Gasteiger partial charge on any atom is -0.298 e. The van der Waals surface area contributed by atoms with E-state index in [0.717, 1.165) is 24.0 Å². The molecule has 0 aromatic heterocycles. The highest BCUT2D eigenvalue weighted by Gasteiger charge is 2.15. The van der Waals surface area contributed by atoms with E-state index in [1.165, 1.54) is 12.2 Å². The number of carbonyl (C=O) groups is 1. The van der Waals surface area contributed by atoms with Crippen molar-refractivity contribution in [1.82, 2.24) is 0 Å². The molecule has 1 saturated heterocycles. The van der Waals surface area contributed by atoms with Crippen molar-refractivity contribution < 1.29 is 4.79 Å². The van der Waals surface area contributed by atoms with Crippen molar-refractivity contribution in [3.05, 3.63) is 12.2 Å². The van der Waals surface area contributed by atoms with Crippen LogP contribution in [-0.2, 0) is 4.79 Å². The van der Waals surface area contributed by atoms with Crippen molar-refractivity contribution in [2.45, 2.75) is 12.8 Å². The van der Waals surface area contributed by atoms with Gasteiger partial charge < -0.3 is 0 Å². The second-order valence-electron chi connectivity index (χ2n) is 2.61. The van der Waals surface area contributed by atoms with Crippen LogP contribution in [0.2, 0.25) is 0 Å². The standard InChI is InChI=1S/C8H12OS/c1-7(5-9)8-3-2-4-10-6-8/h5,8H,1-4,6H2. The van der Waals surface area contributed by atoms with Crippen LogP contribution in [0, 0.1) is 5.92 Å². The molecule has 0 aromatic rings. The zero-order chi connectivity index (χ0) is 7.40. The van der Waals surface area contributed by atoms with Gasteiger partial charge in [0, 0.05) is 5.75 Å². The highest BCUT2D eigenvalue weighted by molar-refractivity contribution is 7.99. The summed E-state index contributed by atoms with van der Waals surface area (Å²) < 4.78 is 0. The van der Waals surface area contributed by atoms with Gasteiger partial charge in [0.2, 0.25) is 0 Å². The van der Waals surface area contributed by atoms with Gasteiger partial charge in [0.15, 0.2) is 0 Å². The number of allylic oxidation sites excluding steroid dienone is 1. The summed E-state index contributed by atoms with van der Waals surface area (Å²) in [5.74, 6) is 2.82. The number of thioether (sulfide) groups is 1. The molecule has 0 aromatic carbocycles. The van der Waals surface area contributed by atoms with Gasteiger partial charge in [-0.2, -0.15) is 11.8 Å². The fourth-order valence-electron chi connectivity index (χ4n) is 1.13. The summed E-state index contributed by atoms with van der Waals surface area (Å²) in [4.78, 5) is 10.3. The highest BCUT2D eigenvalue weighted by Crippen LogP contribution is 2.26. The van der Waals surface area contributed by atoms with E-state index in [0.29, 0.717) is 5.92 Å². The SMILES string of the molecule is C=C(C=O)C1CCCSC1. The molecule has 0 saturated carbocycles. The molecule has 1 aliphatic rings. The van der Waals surface area contributed by atoms with E-state index < -0.39 is 0 Å². The Morgan fingerprint density at radius 1 is 1.70 bits per heavy atom. The average molecular weight is 156 g/mol. The molecule has 56 valence electrons. The predicted octanol–water partition coefficient (Wildman–Crippen LogP) is 1.88. The van der Waals surface area contributed by atoms with Gasteiger partial charge in [-0.05, 0) is 30.1 Å². The van der Waals surface area contributed by atoms with Gasteiger partial charge in [-0.1, -0.05) is 6.58 Å². The Morgan fingerprint density at radius 3 is 3.00 bits per heavy atom. The van der Waals surface area contributed by atoms with E-state index in [1.807, 2.05) is 11.8 Å². The maximum atomic E-state index is 10.3. The molecule has 10 heavy (non-hydrogen) atoms. The molecule has 1 heterocycles. The van der Waals surface area contributed by atoms with Crippen LogP contribution in [0.1, 0.15) is 12.8 Å². The van der Waals surface area contributed by atoms with Gasteiger partial charge in [0.1, 0.15) is 6.29 Å². The summed E-state index contributed by atoms with van der Waals surface area (Å²) in [7, 11) is 0. The van der Waals surface area contributed by atoms with E-state index in [1.54, 1.807) is 0 Å². The van der Waals surface area contributed by atoms with Crippen LogP contribution in [0.3, 0.4) is 0 Å². The molecular formula is C8H12OS. The highest BCUT2D eigenvalue weighted by atomic mass is 32.2. The van der Waals surface area contributed by atoms with Gasteiger partial charge in [-0.3, -0.25) is 4.79 Å². The number of carbonyl (C=O) groups excluding carboxylic acids is 1. The quantitative estimate of drug-likeness (QED) is 0.448. The Morgan fingerprint density at radius 2 is 2.50 bits per heavy atom. The lowest BCUT2D eigenvalue weighted by Crippen LogP contribution is -2.12. The summed E-state index contributed by atoms with van der Waals surface area (Å²) in [5, 5.41) is 0. The molecule has 0 spiro atoms. The first kappa shape index (κ1) is 7.86. The molecule has 2 heteroatoms. The first-order valence-electron chi connectivity index (χ1n) is 3.56. The van der Waals surface area contributed by atoms with E-state index in [9.17, 15) is 4.79 Å². The Hall–Kier alpha value is -0.240. The molecular weight excluding hydrogens is 144 g/mol. The van der Waals surface area contributed by atoms with E-state index >= 15 is 0 Å². The summed E-state index contributed by atoms with van der Waals surface area (Å²) in [5.41, 5.74) is 0.784. The third-order valence-electron chi connectivity index (χ3n) is 1.84. The summed E-state index contributed by atoms with van der Waals surface area (Å²) in [6.07, 6.45) is 3.29. The molecule has 1 fully saturated rings. The summed E-state index contributed by atoms with van der Waals surface area (Å²) in [6.45, 7) is 3.72. The van der Waals surface area contributed by atoms with Crippen LogP contribution in [0.15, 0.2) is 12.2 Å². The first-order valence-corrected chi connectivity index (χ1v) is 4.72. The first-order chi connectivity index (χ1) is 4.84. The largest absolute Gasteiger partial charge is 0.298 e. The Labute approximate surface area is 65.9 Å². The van der Waals surface area contributed by atoms with Gasteiger partial charge in [-0.25, -0.2) is 0 Å². The average Bonchev–Trinajstić information content (AvgIpc) is 2.05. The lowest BCUT2D eigenvalue weighted by Gasteiger charge is -2.19. The molecule has 0 bridgehead atoms. The van der Waals surface area contributed by atoms with Gasteiger partial charge in [-0.15, -0.1) is 0 Å². The molecule has 1 unspecified atom stereocenters. The third kappa shape index (κ3) is 1.87. The molecule has 1 nitrogen and oxygen atoms in total. The third-order valence-corrected chi connectivity index (χ3v) is 3.05. The maximum Gasteiger partial charge on any atom is 0.145 e. The van der Waals surface area contributed by atoms with E-state index in [4.69, 9.17) is 0 Å². The van der Waals surface area contributed by atoms with E-state index in [2.05, 4.69) is 6.58 Å². The Balaban J connectivity index is 2.38. The van der Waals surface area contributed by atoms with Gasteiger partial charge >= 0.3 is 0 Å². The second-order valence-corrected chi connectivity index (χ2v) is 3.76. The summed E-state index contributed by atoms with van der Waals surface area (Å²) in [6, 6.07) is 0. The monoisotopic (exact) mass is 156 g/mol. The minimum absolute atomic E-state index is 0.469. The smallest absolute Gasteiger partial charge is 0.145 e. The van der Waals surface area contributed by atoms with Crippen LogP contribution >= 0.6 is 11.8 Å². The molecule has 0 radical (unpaired) electrons. The molecule has 0 aliphatic carbocycles. The van der Waals surface area contributed by atoms with Crippen LogP contribution in [0.25, 0.3) is 0 Å². The van der Waals surface area contributed by atoms with Crippen molar-refractivity contribution in [2.24, 2.45) is 5.92 Å². The van der Waals surface area contributed by atoms with Crippen molar-refractivity contribution >= 4 is 18.0 Å². The van der Waals surface area contributed by atoms with E-state index in [-0.39, 0.29) is 0 Å². The molecule has 0 N–H and O–H groups in total. The van der Waals surface area contributed by atoms with Crippen molar-refractivity contribution in [2.75, 3.05) is 11.5 Å². The fraction of sp³-hybridized carbons (Fsp3) is 0.625. The van der Waals surface area contributed by atoms with Crippen molar-refractivity contribution in [3.8, 4) is 0 Å². The van der Waals surface area contributed by atoms with Crippen LogP contribution in [0.4, 0.5) is 0 Å². The lowest BCUT2D eigenvalue weighted by atomic mass is 9.98. The van der Waals surface area contributed by atoms with Crippen LogP contribution < -0.4 is 0 Å². The zero-order valence-corrected chi connectivity index (χ0v) is 6.82. The molecule has 1 aliphatic heterocycles. The number of hydrogen-bond acceptors (Lipinski definition) is 2. The predicted molar refractivity (Wildman–Crippen MR) is 45.3 cm³/mol. The van der Waals surface area contributed by atoms with Gasteiger partial charge in [0.05, 0.1) is 0 Å². The van der Waals surface area contributed by atoms with Crippen LogP contribution in [-0.4, -0.2) is 17.8 Å². The number of aldehydes is 1. The molecule has 1 rings (SSSR count). The number of rotatable bonds is 2. The Kier molecular flexibility index (Phi) is 3.00. The van der Waals surface area contributed by atoms with Crippen molar-refractivity contribution in [1.29, 1.82) is 0 Å². The zero-order valence-electron chi connectivity index (χ0n) is 6.01. The summed E-state index contributed by atoms with van der Waals surface area (Å²) >= 11 is 1.93. The minimum atomic E-state index is 0.469.